The van der Waals surface area contributed by atoms with Crippen LogP contribution in [0.4, 0.5) is 0 Å². The molecule has 0 unspecified atom stereocenters. The van der Waals surface area contributed by atoms with E-state index in [4.69, 9.17) is 4.74 Å². The molecule has 0 aliphatic rings. The zero-order valence-electron chi connectivity index (χ0n) is 11.2. The number of benzene rings is 1. The maximum atomic E-state index is 10.8. The van der Waals surface area contributed by atoms with Gasteiger partial charge in [0.05, 0.1) is 7.11 Å². The Bertz CT molecular complexity index is 613. The van der Waals surface area contributed by atoms with E-state index in [1.807, 2.05) is 48.6 Å². The molecule has 2 aromatic rings. The van der Waals surface area contributed by atoms with Gasteiger partial charge in [0, 0.05) is 12.4 Å². The lowest BCUT2D eigenvalue weighted by Crippen LogP contribution is -1.85. The predicted octanol–water partition coefficient (Wildman–Crippen LogP) is 3.39. The topological polar surface area (TPSA) is 39.2 Å². The summed E-state index contributed by atoms with van der Waals surface area (Å²) >= 11 is 0. The van der Waals surface area contributed by atoms with Gasteiger partial charge in [-0.1, -0.05) is 30.4 Å². The van der Waals surface area contributed by atoms with Gasteiger partial charge in [-0.2, -0.15) is 0 Å². The van der Waals surface area contributed by atoms with Gasteiger partial charge in [-0.25, -0.2) is 0 Å². The van der Waals surface area contributed by atoms with Gasteiger partial charge in [0.2, 0.25) is 0 Å². The van der Waals surface area contributed by atoms with Crippen molar-refractivity contribution in [1.82, 2.24) is 4.98 Å². The number of aromatic nitrogens is 1. The van der Waals surface area contributed by atoms with E-state index in [2.05, 4.69) is 4.98 Å². The molecule has 0 atom stereocenters. The summed E-state index contributed by atoms with van der Waals surface area (Å²) < 4.78 is 5.12. The van der Waals surface area contributed by atoms with E-state index in [0.717, 1.165) is 28.7 Å². The Labute approximate surface area is 118 Å². The molecule has 1 aromatic heterocycles. The maximum absolute atomic E-state index is 10.8. The molecule has 3 heteroatoms. The van der Waals surface area contributed by atoms with Crippen molar-refractivity contribution in [2.45, 2.75) is 0 Å². The molecule has 0 saturated heterocycles. The Balaban J connectivity index is 2.25. The smallest absolute Gasteiger partial charge is 0.143 e. The molecule has 0 saturated carbocycles. The van der Waals surface area contributed by atoms with Crippen LogP contribution in [0.25, 0.3) is 11.6 Å². The largest absolute Gasteiger partial charge is 0.497 e. The van der Waals surface area contributed by atoms with E-state index in [0.29, 0.717) is 0 Å². The molecular weight excluding hydrogens is 250 g/mol. The average Bonchev–Trinajstić information content (AvgIpc) is 2.52. The Morgan fingerprint density at radius 3 is 2.60 bits per heavy atom. The normalized spacial score (nSPS) is 11.6. The molecule has 0 amide bonds. The predicted molar refractivity (Wildman–Crippen MR) is 80.3 cm³/mol. The van der Waals surface area contributed by atoms with Crippen LogP contribution in [-0.4, -0.2) is 18.4 Å². The number of rotatable bonds is 5. The molecule has 0 fully saturated rings. The first-order chi connectivity index (χ1) is 9.83. The fourth-order valence-electron chi connectivity index (χ4n) is 1.77. The van der Waals surface area contributed by atoms with Gasteiger partial charge in [-0.15, -0.1) is 0 Å². The van der Waals surface area contributed by atoms with E-state index in [-0.39, 0.29) is 0 Å². The van der Waals surface area contributed by atoms with E-state index in [1.54, 1.807) is 19.5 Å². The summed E-state index contributed by atoms with van der Waals surface area (Å²) in [6, 6.07) is 11.4. The first-order valence-corrected chi connectivity index (χ1v) is 6.21. The third kappa shape index (κ3) is 3.65. The minimum atomic E-state index is 0.785. The summed E-state index contributed by atoms with van der Waals surface area (Å²) in [6.45, 7) is 0. The third-order valence-corrected chi connectivity index (χ3v) is 2.81. The van der Waals surface area contributed by atoms with Gasteiger partial charge in [-0.3, -0.25) is 9.78 Å². The van der Waals surface area contributed by atoms with Crippen molar-refractivity contribution in [3.63, 3.8) is 0 Å². The van der Waals surface area contributed by atoms with Crippen LogP contribution in [0, 0.1) is 0 Å². The Kier molecular flexibility index (Phi) is 4.84. The SMILES string of the molecule is COc1ccc(C(=C\C=O)/C=C/c2cccnc2)cc1. The second-order valence-corrected chi connectivity index (χ2v) is 4.11. The Morgan fingerprint density at radius 1 is 1.20 bits per heavy atom. The highest BCUT2D eigenvalue weighted by molar-refractivity contribution is 5.88. The zero-order chi connectivity index (χ0) is 14.2. The summed E-state index contributed by atoms with van der Waals surface area (Å²) in [7, 11) is 1.62. The Morgan fingerprint density at radius 2 is 2.00 bits per heavy atom. The van der Waals surface area contributed by atoms with Crippen molar-refractivity contribution in [1.29, 1.82) is 0 Å². The van der Waals surface area contributed by atoms with Gasteiger partial charge >= 0.3 is 0 Å². The number of aldehydes is 1. The fraction of sp³-hybridized carbons (Fsp3) is 0.0588. The lowest BCUT2D eigenvalue weighted by atomic mass is 10.0. The molecule has 1 heterocycles. The van der Waals surface area contributed by atoms with Crippen molar-refractivity contribution in [2.75, 3.05) is 7.11 Å². The fourth-order valence-corrected chi connectivity index (χ4v) is 1.77. The van der Waals surface area contributed by atoms with Crippen LogP contribution in [0.5, 0.6) is 5.75 Å². The minimum absolute atomic E-state index is 0.785. The number of carbonyl (C=O) groups is 1. The van der Waals surface area contributed by atoms with Gasteiger partial charge in [0.25, 0.3) is 0 Å². The lowest BCUT2D eigenvalue weighted by molar-refractivity contribution is -0.104. The number of allylic oxidation sites excluding steroid dienone is 3. The molecular formula is C17H15NO2. The zero-order valence-corrected chi connectivity index (χ0v) is 11.2. The van der Waals surface area contributed by atoms with Crippen LogP contribution in [0.15, 0.2) is 60.9 Å². The molecule has 2 rings (SSSR count). The highest BCUT2D eigenvalue weighted by Gasteiger charge is 1.98. The summed E-state index contributed by atoms with van der Waals surface area (Å²) in [5, 5.41) is 0. The molecule has 100 valence electrons. The number of carbonyl (C=O) groups excluding carboxylic acids is 1. The van der Waals surface area contributed by atoms with Gasteiger partial charge in [-0.05, 0) is 41.0 Å². The first kappa shape index (κ1) is 13.7. The number of methoxy groups -OCH3 is 1. The van der Waals surface area contributed by atoms with E-state index in [9.17, 15) is 4.79 Å². The molecule has 0 N–H and O–H groups in total. The highest BCUT2D eigenvalue weighted by Crippen LogP contribution is 2.20. The average molecular weight is 265 g/mol. The number of nitrogens with zero attached hydrogens (tertiary/aromatic N) is 1. The van der Waals surface area contributed by atoms with Crippen LogP contribution < -0.4 is 4.74 Å². The van der Waals surface area contributed by atoms with Crippen molar-refractivity contribution in [2.24, 2.45) is 0 Å². The molecule has 0 aliphatic carbocycles. The van der Waals surface area contributed by atoms with Crippen LogP contribution >= 0.6 is 0 Å². The second kappa shape index (κ2) is 7.04. The van der Waals surface area contributed by atoms with Crippen LogP contribution in [0.2, 0.25) is 0 Å². The van der Waals surface area contributed by atoms with Crippen LogP contribution in [0.3, 0.4) is 0 Å². The standard InChI is InChI=1S/C17H15NO2/c1-20-17-8-6-15(7-9-17)16(10-12-19)5-4-14-3-2-11-18-13-14/h2-13H,1H3/b5-4+,16-10-. The van der Waals surface area contributed by atoms with E-state index in [1.165, 1.54) is 6.08 Å². The number of hydrogen-bond acceptors (Lipinski definition) is 3. The van der Waals surface area contributed by atoms with Crippen LogP contribution in [0.1, 0.15) is 11.1 Å². The van der Waals surface area contributed by atoms with Crippen molar-refractivity contribution in [3.8, 4) is 5.75 Å². The van der Waals surface area contributed by atoms with Crippen molar-refractivity contribution >= 4 is 17.9 Å². The summed E-state index contributed by atoms with van der Waals surface area (Å²) in [5.74, 6) is 0.787. The monoisotopic (exact) mass is 265 g/mol. The molecule has 0 aliphatic heterocycles. The second-order valence-electron chi connectivity index (χ2n) is 4.11. The van der Waals surface area contributed by atoms with Gasteiger partial charge in [0.15, 0.2) is 0 Å². The van der Waals surface area contributed by atoms with Gasteiger partial charge in [0.1, 0.15) is 12.0 Å². The summed E-state index contributed by atoms with van der Waals surface area (Å²) in [4.78, 5) is 14.8. The maximum Gasteiger partial charge on any atom is 0.143 e. The quantitative estimate of drug-likeness (QED) is 0.472. The number of ether oxygens (including phenoxy) is 1. The lowest BCUT2D eigenvalue weighted by Gasteiger charge is -2.04. The number of hydrogen-bond donors (Lipinski definition) is 0. The van der Waals surface area contributed by atoms with Crippen LogP contribution in [-0.2, 0) is 4.79 Å². The first-order valence-electron chi connectivity index (χ1n) is 6.21. The molecule has 20 heavy (non-hydrogen) atoms. The summed E-state index contributed by atoms with van der Waals surface area (Å²) in [5.41, 5.74) is 2.78. The third-order valence-electron chi connectivity index (χ3n) is 2.81. The van der Waals surface area contributed by atoms with Crippen molar-refractivity contribution < 1.29 is 9.53 Å². The summed E-state index contributed by atoms with van der Waals surface area (Å²) in [6.07, 6.45) is 9.63. The molecule has 0 bridgehead atoms. The molecule has 0 spiro atoms. The van der Waals surface area contributed by atoms with E-state index < -0.39 is 0 Å². The number of pyridine rings is 1. The molecule has 0 radical (unpaired) electrons. The minimum Gasteiger partial charge on any atom is -0.497 e. The van der Waals surface area contributed by atoms with Gasteiger partial charge < -0.3 is 4.74 Å². The van der Waals surface area contributed by atoms with Crippen molar-refractivity contribution in [3.05, 3.63) is 72.1 Å². The Hall–Kier alpha value is -2.68. The molecule has 1 aromatic carbocycles. The highest BCUT2D eigenvalue weighted by atomic mass is 16.5. The van der Waals surface area contributed by atoms with E-state index >= 15 is 0 Å². The molecule has 3 nitrogen and oxygen atoms in total.